The number of fused-ring (bicyclic) bond motifs is 5. The Balaban J connectivity index is 1.35. The second-order valence-electron chi connectivity index (χ2n) is 10.3. The van der Waals surface area contributed by atoms with Gasteiger partial charge in [-0.3, -0.25) is 9.59 Å². The molecule has 1 amide bonds. The summed E-state index contributed by atoms with van der Waals surface area (Å²) >= 11 is 0. The Labute approximate surface area is 185 Å². The first-order valence-electron chi connectivity index (χ1n) is 12.1. The van der Waals surface area contributed by atoms with Crippen molar-refractivity contribution in [1.29, 1.82) is 0 Å². The lowest BCUT2D eigenvalue weighted by atomic mass is 9.54. The average Bonchev–Trinajstić information content (AvgIpc) is 3.07. The Kier molecular flexibility index (Phi) is 5.58. The molecule has 2 saturated carbocycles. The molecule has 0 radical (unpaired) electrons. The van der Waals surface area contributed by atoms with Crippen molar-refractivity contribution in [2.24, 2.45) is 23.2 Å². The molecule has 4 aliphatic rings. The van der Waals surface area contributed by atoms with Gasteiger partial charge in [-0.05, 0) is 79.0 Å². The van der Waals surface area contributed by atoms with E-state index in [0.29, 0.717) is 68.6 Å². The molecule has 5 nitrogen and oxygen atoms in total. The van der Waals surface area contributed by atoms with Gasteiger partial charge < -0.3 is 14.4 Å². The minimum atomic E-state index is -0.197. The maximum Gasteiger partial charge on any atom is 0.222 e. The van der Waals surface area contributed by atoms with Gasteiger partial charge in [0.15, 0.2) is 0 Å². The number of methoxy groups -OCH3 is 1. The molecule has 3 aliphatic carbocycles. The van der Waals surface area contributed by atoms with Crippen LogP contribution in [0, 0.1) is 23.2 Å². The largest absolute Gasteiger partial charge is 0.497 e. The number of carbonyl (C=O) groups is 2. The van der Waals surface area contributed by atoms with E-state index in [1.807, 2.05) is 4.90 Å². The summed E-state index contributed by atoms with van der Waals surface area (Å²) in [4.78, 5) is 27.9. The summed E-state index contributed by atoms with van der Waals surface area (Å²) in [7, 11) is 1.73. The Bertz CT molecular complexity index is 861. The maximum absolute atomic E-state index is 13.2. The summed E-state index contributed by atoms with van der Waals surface area (Å²) in [5.74, 6) is 3.46. The van der Waals surface area contributed by atoms with E-state index in [9.17, 15) is 9.59 Å². The molecule has 1 heterocycles. The number of aryl methyl sites for hydroxylation is 1. The second kappa shape index (κ2) is 8.23. The molecular formula is C26H35NO4. The number of Topliss-reactive ketones (excluding diaryl/α,β-unsaturated/α-hetero) is 1. The summed E-state index contributed by atoms with van der Waals surface area (Å²) in [6, 6.07) is 6.56. The van der Waals surface area contributed by atoms with Crippen molar-refractivity contribution in [1.82, 2.24) is 4.90 Å². The van der Waals surface area contributed by atoms with E-state index in [0.717, 1.165) is 37.9 Å². The predicted octanol–water partition coefficient (Wildman–Crippen LogP) is 3.99. The molecule has 5 atom stereocenters. The van der Waals surface area contributed by atoms with E-state index in [1.54, 1.807) is 7.11 Å². The third kappa shape index (κ3) is 3.59. The third-order valence-corrected chi connectivity index (χ3v) is 8.87. The van der Waals surface area contributed by atoms with Crippen LogP contribution in [0.25, 0.3) is 0 Å². The number of nitrogens with zero attached hydrogens (tertiary/aromatic N) is 1. The summed E-state index contributed by atoms with van der Waals surface area (Å²) in [5.41, 5.74) is 2.70. The van der Waals surface area contributed by atoms with Gasteiger partial charge in [0, 0.05) is 31.3 Å². The van der Waals surface area contributed by atoms with Crippen molar-refractivity contribution in [3.8, 4) is 5.75 Å². The van der Waals surface area contributed by atoms with Gasteiger partial charge in [0.25, 0.3) is 0 Å². The predicted molar refractivity (Wildman–Crippen MR) is 118 cm³/mol. The standard InChI is InChI=1S/C26H35NO4/c1-26-10-9-21-20-7-5-19(30-2)15-17(20)3-6-22(21)25(26)18(16-23(26)28)4-8-24(29)27-11-13-31-14-12-27/h5,7,15,18,21-22,25H,3-4,6,8-14,16H2,1-2H3/t18-,21-,22-,25+,26-/m1/s1. The highest BCUT2D eigenvalue weighted by Gasteiger charge is 2.58. The van der Waals surface area contributed by atoms with Gasteiger partial charge in [-0.2, -0.15) is 0 Å². The zero-order valence-electron chi connectivity index (χ0n) is 18.9. The number of ketones is 1. The van der Waals surface area contributed by atoms with Gasteiger partial charge in [0.2, 0.25) is 5.91 Å². The summed E-state index contributed by atoms with van der Waals surface area (Å²) in [6.07, 6.45) is 6.37. The monoisotopic (exact) mass is 425 g/mol. The molecule has 3 fully saturated rings. The van der Waals surface area contributed by atoms with Crippen molar-refractivity contribution in [3.05, 3.63) is 29.3 Å². The van der Waals surface area contributed by atoms with E-state index in [1.165, 1.54) is 11.1 Å². The number of morpholine rings is 1. The van der Waals surface area contributed by atoms with E-state index in [-0.39, 0.29) is 11.3 Å². The molecule has 0 bridgehead atoms. The normalized spacial score (nSPS) is 34.6. The lowest BCUT2D eigenvalue weighted by molar-refractivity contribution is -0.135. The highest BCUT2D eigenvalue weighted by molar-refractivity contribution is 5.88. The van der Waals surface area contributed by atoms with Crippen molar-refractivity contribution in [2.45, 2.75) is 57.8 Å². The number of hydrogen-bond acceptors (Lipinski definition) is 4. The van der Waals surface area contributed by atoms with Crippen LogP contribution in [0.5, 0.6) is 5.75 Å². The number of rotatable bonds is 4. The highest BCUT2D eigenvalue weighted by Crippen LogP contribution is 2.62. The molecule has 1 aromatic carbocycles. The van der Waals surface area contributed by atoms with Crippen molar-refractivity contribution in [2.75, 3.05) is 33.4 Å². The molecule has 5 heteroatoms. The maximum atomic E-state index is 13.2. The lowest BCUT2D eigenvalue weighted by Crippen LogP contribution is -2.44. The van der Waals surface area contributed by atoms with Gasteiger partial charge >= 0.3 is 0 Å². The molecule has 168 valence electrons. The lowest BCUT2D eigenvalue weighted by Gasteiger charge is -2.50. The third-order valence-electron chi connectivity index (χ3n) is 8.87. The molecule has 0 aromatic heterocycles. The zero-order valence-corrected chi connectivity index (χ0v) is 18.9. The van der Waals surface area contributed by atoms with Crippen LogP contribution in [0.3, 0.4) is 0 Å². The first-order chi connectivity index (χ1) is 15.0. The van der Waals surface area contributed by atoms with E-state index in [4.69, 9.17) is 9.47 Å². The van der Waals surface area contributed by atoms with Crippen LogP contribution in [-0.4, -0.2) is 50.0 Å². The molecule has 0 spiro atoms. The van der Waals surface area contributed by atoms with Crippen LogP contribution < -0.4 is 4.74 Å². The fraction of sp³-hybridized carbons (Fsp3) is 0.692. The molecule has 1 aromatic rings. The van der Waals surface area contributed by atoms with Gasteiger partial charge in [-0.1, -0.05) is 13.0 Å². The SMILES string of the molecule is COc1ccc2c(c1)CC[C@H]1[C@@H]3[C@H](CCC(=O)N4CCOCC4)CC(=O)[C@@]3(C)CC[C@H]21. The average molecular weight is 426 g/mol. The van der Waals surface area contributed by atoms with Crippen molar-refractivity contribution < 1.29 is 19.1 Å². The zero-order chi connectivity index (χ0) is 21.6. The topological polar surface area (TPSA) is 55.8 Å². The van der Waals surface area contributed by atoms with E-state index in [2.05, 4.69) is 25.1 Å². The van der Waals surface area contributed by atoms with E-state index < -0.39 is 0 Å². The molecule has 1 aliphatic heterocycles. The minimum absolute atomic E-state index is 0.197. The Morgan fingerprint density at radius 2 is 2.06 bits per heavy atom. The fourth-order valence-electron chi connectivity index (χ4n) is 7.29. The number of carbonyl (C=O) groups excluding carboxylic acids is 2. The van der Waals surface area contributed by atoms with Crippen molar-refractivity contribution in [3.63, 3.8) is 0 Å². The van der Waals surface area contributed by atoms with Crippen LogP contribution in [-0.2, 0) is 20.7 Å². The number of ether oxygens (including phenoxy) is 2. The van der Waals surface area contributed by atoms with Crippen LogP contribution in [0.2, 0.25) is 0 Å². The van der Waals surface area contributed by atoms with Crippen LogP contribution in [0.15, 0.2) is 18.2 Å². The molecular weight excluding hydrogens is 390 g/mol. The fourth-order valence-corrected chi connectivity index (χ4v) is 7.29. The van der Waals surface area contributed by atoms with Crippen LogP contribution in [0.1, 0.15) is 62.5 Å². The minimum Gasteiger partial charge on any atom is -0.497 e. The second-order valence-corrected chi connectivity index (χ2v) is 10.3. The van der Waals surface area contributed by atoms with Crippen LogP contribution in [0.4, 0.5) is 0 Å². The Morgan fingerprint density at radius 1 is 1.26 bits per heavy atom. The Morgan fingerprint density at radius 3 is 2.84 bits per heavy atom. The Hall–Kier alpha value is -1.88. The molecule has 1 saturated heterocycles. The molecule has 5 rings (SSSR count). The van der Waals surface area contributed by atoms with Crippen molar-refractivity contribution >= 4 is 11.7 Å². The summed E-state index contributed by atoms with van der Waals surface area (Å²) < 4.78 is 10.8. The summed E-state index contributed by atoms with van der Waals surface area (Å²) in [5, 5.41) is 0. The summed E-state index contributed by atoms with van der Waals surface area (Å²) in [6.45, 7) is 4.91. The molecule has 31 heavy (non-hydrogen) atoms. The van der Waals surface area contributed by atoms with Crippen LogP contribution >= 0.6 is 0 Å². The molecule has 0 N–H and O–H groups in total. The van der Waals surface area contributed by atoms with Gasteiger partial charge in [0.1, 0.15) is 11.5 Å². The van der Waals surface area contributed by atoms with Gasteiger partial charge in [-0.15, -0.1) is 0 Å². The first kappa shape index (κ1) is 21.0. The first-order valence-corrected chi connectivity index (χ1v) is 12.1. The smallest absolute Gasteiger partial charge is 0.222 e. The van der Waals surface area contributed by atoms with Gasteiger partial charge in [0.05, 0.1) is 20.3 Å². The number of benzene rings is 1. The molecule has 0 unspecified atom stereocenters. The van der Waals surface area contributed by atoms with Gasteiger partial charge in [-0.25, -0.2) is 0 Å². The highest BCUT2D eigenvalue weighted by atomic mass is 16.5. The number of amides is 1. The number of hydrogen-bond donors (Lipinski definition) is 0. The van der Waals surface area contributed by atoms with E-state index >= 15 is 0 Å². The quantitative estimate of drug-likeness (QED) is 0.732.